The molecule has 0 saturated carbocycles. The number of thioether (sulfide) groups is 1. The maximum Gasteiger partial charge on any atom is 0.171 e. The summed E-state index contributed by atoms with van der Waals surface area (Å²) in [6.45, 7) is 10.3. The van der Waals surface area contributed by atoms with Crippen LogP contribution in [0.3, 0.4) is 0 Å². The van der Waals surface area contributed by atoms with Crippen molar-refractivity contribution in [3.05, 3.63) is 25.3 Å². The van der Waals surface area contributed by atoms with Gasteiger partial charge in [-0.1, -0.05) is 13.2 Å². The monoisotopic (exact) mass is 290 g/mol. The quantitative estimate of drug-likeness (QED) is 0.533. The first-order valence-electron chi connectivity index (χ1n) is 5.03. The van der Waals surface area contributed by atoms with Crippen LogP contribution in [0.4, 0.5) is 0 Å². The average molecular weight is 290 g/mol. The van der Waals surface area contributed by atoms with Crippen LogP contribution >= 0.6 is 37.0 Å². The SMILES string of the molecule is C=CC(=O)C(C)(S)CSCC(C)(S)C(=O)C=C. The van der Waals surface area contributed by atoms with Crippen molar-refractivity contribution in [2.75, 3.05) is 11.5 Å². The number of allylic oxidation sites excluding steroid dienone is 2. The van der Waals surface area contributed by atoms with Gasteiger partial charge in [-0.05, 0) is 26.0 Å². The molecule has 0 aromatic rings. The molecule has 0 bridgehead atoms. The number of rotatable bonds is 8. The van der Waals surface area contributed by atoms with E-state index in [1.54, 1.807) is 13.8 Å². The van der Waals surface area contributed by atoms with Crippen LogP contribution in [0.15, 0.2) is 25.3 Å². The van der Waals surface area contributed by atoms with Crippen LogP contribution in [0.2, 0.25) is 0 Å². The Morgan fingerprint density at radius 2 is 1.35 bits per heavy atom. The minimum absolute atomic E-state index is 0.121. The molecule has 17 heavy (non-hydrogen) atoms. The summed E-state index contributed by atoms with van der Waals surface area (Å²) >= 11 is 10.1. The Hall–Kier alpha value is -0.130. The third-order valence-corrected chi connectivity index (χ3v) is 4.95. The largest absolute Gasteiger partial charge is 0.293 e. The van der Waals surface area contributed by atoms with E-state index >= 15 is 0 Å². The predicted molar refractivity (Wildman–Crippen MR) is 82.5 cm³/mol. The van der Waals surface area contributed by atoms with Gasteiger partial charge in [0.05, 0.1) is 9.49 Å². The summed E-state index contributed by atoms with van der Waals surface area (Å²) in [4.78, 5) is 22.9. The second kappa shape index (κ2) is 6.71. The molecule has 96 valence electrons. The van der Waals surface area contributed by atoms with Gasteiger partial charge in [-0.15, -0.1) is 0 Å². The van der Waals surface area contributed by atoms with Crippen molar-refractivity contribution < 1.29 is 9.59 Å². The van der Waals surface area contributed by atoms with Gasteiger partial charge in [0.15, 0.2) is 11.6 Å². The first kappa shape index (κ1) is 16.9. The first-order valence-corrected chi connectivity index (χ1v) is 7.08. The van der Waals surface area contributed by atoms with E-state index in [4.69, 9.17) is 0 Å². The van der Waals surface area contributed by atoms with E-state index in [1.807, 2.05) is 0 Å². The third kappa shape index (κ3) is 5.36. The molecule has 0 radical (unpaired) electrons. The van der Waals surface area contributed by atoms with Gasteiger partial charge >= 0.3 is 0 Å². The lowest BCUT2D eigenvalue weighted by Crippen LogP contribution is -2.34. The lowest BCUT2D eigenvalue weighted by Gasteiger charge is -2.24. The van der Waals surface area contributed by atoms with Crippen LogP contribution < -0.4 is 0 Å². The molecule has 0 heterocycles. The zero-order valence-corrected chi connectivity index (χ0v) is 12.7. The topological polar surface area (TPSA) is 34.1 Å². The molecular formula is C12H18O2S3. The summed E-state index contributed by atoms with van der Waals surface area (Å²) in [5, 5.41) is 0. The number of ketones is 2. The fraction of sp³-hybridized carbons (Fsp3) is 0.500. The first-order chi connectivity index (χ1) is 7.67. The highest BCUT2D eigenvalue weighted by Crippen LogP contribution is 2.27. The maximum atomic E-state index is 11.5. The van der Waals surface area contributed by atoms with Crippen LogP contribution in [-0.4, -0.2) is 32.6 Å². The fourth-order valence-corrected chi connectivity index (χ4v) is 2.94. The molecule has 2 nitrogen and oxygen atoms in total. The Bertz CT molecular complexity index is 301. The van der Waals surface area contributed by atoms with E-state index in [0.717, 1.165) is 0 Å². The molecule has 0 saturated heterocycles. The molecule has 0 N–H and O–H groups in total. The number of thiol groups is 2. The average Bonchev–Trinajstić information content (AvgIpc) is 2.25. The zero-order valence-electron chi connectivity index (χ0n) is 10.1. The number of carbonyl (C=O) groups excluding carboxylic acids is 2. The fourth-order valence-electron chi connectivity index (χ4n) is 1.03. The minimum atomic E-state index is -0.756. The van der Waals surface area contributed by atoms with Crippen molar-refractivity contribution in [2.24, 2.45) is 0 Å². The Morgan fingerprint density at radius 3 is 1.59 bits per heavy atom. The Labute approximate surface area is 118 Å². The number of hydrogen-bond acceptors (Lipinski definition) is 5. The van der Waals surface area contributed by atoms with Crippen LogP contribution in [0.25, 0.3) is 0 Å². The Morgan fingerprint density at radius 1 is 1.06 bits per heavy atom. The lowest BCUT2D eigenvalue weighted by molar-refractivity contribution is -0.116. The van der Waals surface area contributed by atoms with Crippen molar-refractivity contribution in [1.29, 1.82) is 0 Å². The third-order valence-electron chi connectivity index (χ3n) is 2.20. The van der Waals surface area contributed by atoms with Gasteiger partial charge in [-0.3, -0.25) is 9.59 Å². The zero-order chi connectivity index (χ0) is 13.7. The predicted octanol–water partition coefficient (Wildman–Crippen LogP) is 2.61. The summed E-state index contributed by atoms with van der Waals surface area (Å²) in [5.74, 6) is 0.761. The Kier molecular flexibility index (Phi) is 6.66. The molecule has 2 unspecified atom stereocenters. The highest BCUT2D eigenvalue weighted by atomic mass is 32.2. The summed E-state index contributed by atoms with van der Waals surface area (Å²) in [6.07, 6.45) is 2.53. The van der Waals surface area contributed by atoms with E-state index in [0.29, 0.717) is 11.5 Å². The highest BCUT2D eigenvalue weighted by Gasteiger charge is 2.30. The van der Waals surface area contributed by atoms with Gasteiger partial charge in [0.2, 0.25) is 0 Å². The van der Waals surface area contributed by atoms with Crippen LogP contribution in [0.5, 0.6) is 0 Å². The van der Waals surface area contributed by atoms with Gasteiger partial charge in [0.1, 0.15) is 0 Å². The summed E-state index contributed by atoms with van der Waals surface area (Å²) in [7, 11) is 0. The minimum Gasteiger partial charge on any atom is -0.293 e. The van der Waals surface area contributed by atoms with E-state index in [2.05, 4.69) is 38.4 Å². The highest BCUT2D eigenvalue weighted by molar-refractivity contribution is 8.01. The van der Waals surface area contributed by atoms with E-state index < -0.39 is 9.49 Å². The van der Waals surface area contributed by atoms with Crippen molar-refractivity contribution in [3.8, 4) is 0 Å². The van der Waals surface area contributed by atoms with Crippen molar-refractivity contribution >= 4 is 48.6 Å². The van der Waals surface area contributed by atoms with Crippen LogP contribution in [0, 0.1) is 0 Å². The summed E-state index contributed by atoms with van der Waals surface area (Å²) in [5.41, 5.74) is 0. The summed E-state index contributed by atoms with van der Waals surface area (Å²) < 4.78 is -1.51. The smallest absolute Gasteiger partial charge is 0.171 e. The molecule has 2 atom stereocenters. The molecule has 0 aromatic heterocycles. The normalized spacial score (nSPS) is 17.6. The molecule has 0 aliphatic carbocycles. The molecular weight excluding hydrogens is 272 g/mol. The molecule has 0 aliphatic rings. The number of hydrogen-bond donors (Lipinski definition) is 2. The van der Waals surface area contributed by atoms with E-state index in [1.165, 1.54) is 23.9 Å². The van der Waals surface area contributed by atoms with Gasteiger partial charge in [-0.25, -0.2) is 0 Å². The van der Waals surface area contributed by atoms with Gasteiger partial charge in [0.25, 0.3) is 0 Å². The maximum absolute atomic E-state index is 11.5. The standard InChI is InChI=1S/C12H18O2S3/c1-5-9(13)11(3,15)7-17-8-12(4,16)10(14)6-2/h5-6,15-16H,1-2,7-8H2,3-4H3. The van der Waals surface area contributed by atoms with Crippen LogP contribution in [-0.2, 0) is 9.59 Å². The van der Waals surface area contributed by atoms with Gasteiger partial charge in [0, 0.05) is 11.5 Å². The molecule has 0 aliphatic heterocycles. The van der Waals surface area contributed by atoms with Gasteiger partial charge < -0.3 is 0 Å². The second-order valence-corrected chi connectivity index (χ2v) is 7.14. The molecule has 0 rings (SSSR count). The number of carbonyl (C=O) groups is 2. The second-order valence-electron chi connectivity index (χ2n) is 4.18. The molecule has 5 heteroatoms. The van der Waals surface area contributed by atoms with Crippen molar-refractivity contribution in [3.63, 3.8) is 0 Å². The molecule has 0 amide bonds. The Balaban J connectivity index is 4.33. The van der Waals surface area contributed by atoms with Gasteiger partial charge in [-0.2, -0.15) is 37.0 Å². The van der Waals surface area contributed by atoms with Crippen molar-refractivity contribution in [1.82, 2.24) is 0 Å². The molecule has 0 aromatic carbocycles. The van der Waals surface area contributed by atoms with Crippen LogP contribution in [0.1, 0.15) is 13.8 Å². The van der Waals surface area contributed by atoms with E-state index in [-0.39, 0.29) is 11.6 Å². The summed E-state index contributed by atoms with van der Waals surface area (Å²) in [6, 6.07) is 0. The molecule has 0 fully saturated rings. The molecule has 0 spiro atoms. The van der Waals surface area contributed by atoms with Crippen molar-refractivity contribution in [2.45, 2.75) is 23.3 Å². The van der Waals surface area contributed by atoms with E-state index in [9.17, 15) is 9.59 Å². The lowest BCUT2D eigenvalue weighted by atomic mass is 10.1.